The minimum atomic E-state index is -0.575. The fraction of sp³-hybridized carbons (Fsp3) is 0.375. The number of nitrogens with one attached hydrogen (secondary N) is 1. The van der Waals surface area contributed by atoms with E-state index in [2.05, 4.69) is 23.3 Å². The lowest BCUT2D eigenvalue weighted by Crippen LogP contribution is -2.50. The second-order valence-electron chi connectivity index (χ2n) is 12.3. The van der Waals surface area contributed by atoms with E-state index in [4.69, 9.17) is 26.4 Å². The van der Waals surface area contributed by atoms with Gasteiger partial charge in [-0.05, 0) is 76.4 Å². The van der Waals surface area contributed by atoms with E-state index in [1.54, 1.807) is 45.9 Å². The van der Waals surface area contributed by atoms with Gasteiger partial charge in [0.05, 0.1) is 17.2 Å². The summed E-state index contributed by atoms with van der Waals surface area (Å²) in [5, 5.41) is 17.6. The average Bonchev–Trinajstić information content (AvgIpc) is 3.33. The quantitative estimate of drug-likeness (QED) is 0.276. The number of halogens is 1. The molecule has 43 heavy (non-hydrogen) atoms. The van der Waals surface area contributed by atoms with Gasteiger partial charge in [0.15, 0.2) is 5.65 Å². The fourth-order valence-corrected chi connectivity index (χ4v) is 5.61. The van der Waals surface area contributed by atoms with Gasteiger partial charge in [-0.2, -0.15) is 10.4 Å². The van der Waals surface area contributed by atoms with Gasteiger partial charge in [-0.3, -0.25) is 4.79 Å². The van der Waals surface area contributed by atoms with E-state index >= 15 is 0 Å². The summed E-state index contributed by atoms with van der Waals surface area (Å²) in [4.78, 5) is 36.9. The molecule has 11 heteroatoms. The second kappa shape index (κ2) is 11.7. The minimum Gasteiger partial charge on any atom is -0.444 e. The summed E-state index contributed by atoms with van der Waals surface area (Å²) < 4.78 is 7.19. The number of aromatic nitrogens is 4. The maximum atomic E-state index is 13.4. The molecule has 4 aromatic rings. The number of ether oxygens (including phenoxy) is 1. The topological polar surface area (TPSA) is 126 Å². The zero-order valence-corrected chi connectivity index (χ0v) is 25.7. The van der Waals surface area contributed by atoms with Crippen LogP contribution in [0.5, 0.6) is 0 Å². The van der Waals surface area contributed by atoms with Crippen molar-refractivity contribution in [3.8, 4) is 28.5 Å². The van der Waals surface area contributed by atoms with Crippen LogP contribution in [0, 0.1) is 23.7 Å². The Morgan fingerprint density at radius 3 is 2.67 bits per heavy atom. The van der Waals surface area contributed by atoms with Gasteiger partial charge in [0.1, 0.15) is 22.1 Å². The number of hydrogen-bond donors (Lipinski definition) is 1. The van der Waals surface area contributed by atoms with Gasteiger partial charge < -0.3 is 15.0 Å². The van der Waals surface area contributed by atoms with Gasteiger partial charge >= 0.3 is 6.09 Å². The van der Waals surface area contributed by atoms with E-state index in [0.717, 1.165) is 24.0 Å². The van der Waals surface area contributed by atoms with Gasteiger partial charge in [-0.15, -0.1) is 0 Å². The van der Waals surface area contributed by atoms with Crippen LogP contribution in [0.4, 0.5) is 4.79 Å². The monoisotopic (exact) mass is 599 g/mol. The Hall–Kier alpha value is -4.49. The van der Waals surface area contributed by atoms with E-state index in [1.165, 1.54) is 0 Å². The smallest absolute Gasteiger partial charge is 0.410 e. The Morgan fingerprint density at radius 2 is 1.95 bits per heavy atom. The molecule has 1 aliphatic rings. The third-order valence-electron chi connectivity index (χ3n) is 7.30. The van der Waals surface area contributed by atoms with Crippen LogP contribution in [0.2, 0.25) is 5.15 Å². The van der Waals surface area contributed by atoms with Gasteiger partial charge in [-0.1, -0.05) is 30.7 Å². The summed E-state index contributed by atoms with van der Waals surface area (Å²) in [6, 6.07) is 14.6. The van der Waals surface area contributed by atoms with Crippen LogP contribution in [0.15, 0.2) is 48.7 Å². The number of rotatable bonds is 5. The van der Waals surface area contributed by atoms with Crippen molar-refractivity contribution >= 4 is 29.2 Å². The highest BCUT2D eigenvalue weighted by atomic mass is 35.5. The van der Waals surface area contributed by atoms with Gasteiger partial charge in [0, 0.05) is 42.5 Å². The second-order valence-corrected chi connectivity index (χ2v) is 12.7. The molecule has 0 spiro atoms. The first-order valence-electron chi connectivity index (χ1n) is 14.1. The zero-order valence-electron chi connectivity index (χ0n) is 24.9. The van der Waals surface area contributed by atoms with Crippen molar-refractivity contribution < 1.29 is 14.3 Å². The number of piperidine rings is 1. The SMILES string of the molecule is Cc1cc(-c2c(-c3cccc(C#N)c3)nn3ccc(C(=O)NCC4(C)CCCN(C(=O)OC(C)(C)C)C4)nc23)cc(Cl)n1. The van der Waals surface area contributed by atoms with Crippen LogP contribution in [0.25, 0.3) is 28.0 Å². The number of nitriles is 1. The predicted octanol–water partition coefficient (Wildman–Crippen LogP) is 6.06. The lowest BCUT2D eigenvalue weighted by Gasteiger charge is -2.40. The number of aryl methyl sites for hydroxylation is 1. The van der Waals surface area contributed by atoms with Crippen molar-refractivity contribution in [2.75, 3.05) is 19.6 Å². The predicted molar refractivity (Wildman–Crippen MR) is 164 cm³/mol. The van der Waals surface area contributed by atoms with E-state index in [1.807, 2.05) is 39.8 Å². The molecule has 10 nitrogen and oxygen atoms in total. The maximum absolute atomic E-state index is 13.4. The summed E-state index contributed by atoms with van der Waals surface area (Å²) >= 11 is 6.34. The van der Waals surface area contributed by atoms with E-state index in [9.17, 15) is 14.9 Å². The Bertz CT molecular complexity index is 1730. The number of carbonyl (C=O) groups is 2. The minimum absolute atomic E-state index is 0.228. The molecule has 222 valence electrons. The molecule has 1 N–H and O–H groups in total. The van der Waals surface area contributed by atoms with E-state index < -0.39 is 5.60 Å². The van der Waals surface area contributed by atoms with E-state index in [0.29, 0.717) is 52.9 Å². The van der Waals surface area contributed by atoms with Crippen molar-refractivity contribution in [1.82, 2.24) is 29.8 Å². The molecule has 1 saturated heterocycles. The van der Waals surface area contributed by atoms with Crippen LogP contribution in [-0.2, 0) is 4.74 Å². The molecule has 1 aromatic carbocycles. The first-order chi connectivity index (χ1) is 20.3. The molecule has 3 aromatic heterocycles. The van der Waals surface area contributed by atoms with Gasteiger partial charge in [0.2, 0.25) is 0 Å². The van der Waals surface area contributed by atoms with Crippen molar-refractivity contribution in [3.05, 3.63) is 70.8 Å². The Kier molecular flexibility index (Phi) is 8.12. The van der Waals surface area contributed by atoms with Gasteiger partial charge in [0.25, 0.3) is 5.91 Å². The number of nitrogens with zero attached hydrogens (tertiary/aromatic N) is 6. The van der Waals surface area contributed by atoms with Crippen molar-refractivity contribution in [3.63, 3.8) is 0 Å². The van der Waals surface area contributed by atoms with Crippen molar-refractivity contribution in [1.29, 1.82) is 5.26 Å². The van der Waals surface area contributed by atoms with Crippen molar-refractivity contribution in [2.45, 2.75) is 53.1 Å². The standard InChI is InChI=1S/C32H34ClN7O3/c1-20-14-23(16-25(33)36-20)26-27(22-9-6-8-21(15-22)17-34)38-40-13-10-24(37-28(26)40)29(41)35-18-32(5)11-7-12-39(19-32)30(42)43-31(2,3)4/h6,8-10,13-16H,7,11-12,18-19H2,1-5H3,(H,35,41). The highest BCUT2D eigenvalue weighted by molar-refractivity contribution is 6.29. The Morgan fingerprint density at radius 1 is 1.16 bits per heavy atom. The maximum Gasteiger partial charge on any atom is 0.410 e. The number of hydrogen-bond acceptors (Lipinski definition) is 7. The molecule has 4 heterocycles. The number of fused-ring (bicyclic) bond motifs is 1. The third-order valence-corrected chi connectivity index (χ3v) is 7.50. The molecule has 1 aliphatic heterocycles. The lowest BCUT2D eigenvalue weighted by molar-refractivity contribution is 0.00697. The summed E-state index contributed by atoms with van der Waals surface area (Å²) in [6.45, 7) is 10.9. The highest BCUT2D eigenvalue weighted by Crippen LogP contribution is 2.36. The summed E-state index contributed by atoms with van der Waals surface area (Å²) in [5.41, 5.74) is 3.76. The van der Waals surface area contributed by atoms with Crippen molar-refractivity contribution in [2.24, 2.45) is 5.41 Å². The third kappa shape index (κ3) is 6.78. The highest BCUT2D eigenvalue weighted by Gasteiger charge is 2.35. The molecule has 5 rings (SSSR count). The van der Waals surface area contributed by atoms with Crippen LogP contribution in [0.1, 0.15) is 62.3 Å². The average molecular weight is 600 g/mol. The number of benzene rings is 1. The first kappa shape index (κ1) is 30.0. The number of pyridine rings is 1. The van der Waals surface area contributed by atoms with E-state index in [-0.39, 0.29) is 23.1 Å². The molecule has 2 amide bonds. The first-order valence-corrected chi connectivity index (χ1v) is 14.5. The summed E-state index contributed by atoms with van der Waals surface area (Å²) in [5.74, 6) is -0.331. The molecule has 1 fully saturated rings. The Balaban J connectivity index is 1.45. The molecule has 1 unspecified atom stereocenters. The number of carbonyl (C=O) groups excluding carboxylic acids is 2. The summed E-state index contributed by atoms with van der Waals surface area (Å²) in [7, 11) is 0. The molecular formula is C32H34ClN7O3. The molecule has 1 atom stereocenters. The normalized spacial score (nSPS) is 17.0. The molecule has 0 radical (unpaired) electrons. The summed E-state index contributed by atoms with van der Waals surface area (Å²) in [6.07, 6.45) is 3.03. The molecule has 0 bridgehead atoms. The zero-order chi connectivity index (χ0) is 30.9. The Labute approximate surface area is 255 Å². The number of amides is 2. The molecule has 0 aliphatic carbocycles. The van der Waals surface area contributed by atoms with Crippen LogP contribution < -0.4 is 5.32 Å². The lowest BCUT2D eigenvalue weighted by atomic mass is 9.82. The van der Waals surface area contributed by atoms with Crippen LogP contribution >= 0.6 is 11.6 Å². The molecular weight excluding hydrogens is 566 g/mol. The van der Waals surface area contributed by atoms with Gasteiger partial charge in [-0.25, -0.2) is 19.3 Å². The number of likely N-dealkylation sites (tertiary alicyclic amines) is 1. The largest absolute Gasteiger partial charge is 0.444 e. The van der Waals surface area contributed by atoms with Crippen LogP contribution in [-0.4, -0.2) is 61.7 Å². The van der Waals surface area contributed by atoms with Crippen LogP contribution in [0.3, 0.4) is 0 Å². The fourth-order valence-electron chi connectivity index (χ4n) is 5.36. The molecule has 0 saturated carbocycles.